The number of nitrogens with one attached hydrogen (secondary N) is 1. The van der Waals surface area contributed by atoms with Gasteiger partial charge in [-0.05, 0) is 42.0 Å². The lowest BCUT2D eigenvalue weighted by atomic mass is 10.2. The van der Waals surface area contributed by atoms with Crippen molar-refractivity contribution >= 4 is 5.91 Å². The smallest absolute Gasteiger partial charge is 0.387 e. The van der Waals surface area contributed by atoms with Crippen molar-refractivity contribution in [2.24, 2.45) is 0 Å². The van der Waals surface area contributed by atoms with Gasteiger partial charge in [0.1, 0.15) is 17.2 Å². The zero-order valence-electron chi connectivity index (χ0n) is 13.7. The standard InChI is InChI=1S/C18H19F2NO4/c1-23-14-6-8-15(9-7-14)24-11-10-17(22)21-12-13-2-4-16(5-3-13)25-18(19)20/h2-9,18H,10-12H2,1H3,(H,21,22). The van der Waals surface area contributed by atoms with Gasteiger partial charge in [0.05, 0.1) is 20.1 Å². The van der Waals surface area contributed by atoms with E-state index in [1.54, 1.807) is 43.5 Å². The van der Waals surface area contributed by atoms with E-state index in [4.69, 9.17) is 9.47 Å². The van der Waals surface area contributed by atoms with Gasteiger partial charge in [-0.1, -0.05) is 12.1 Å². The molecule has 1 amide bonds. The van der Waals surface area contributed by atoms with Crippen LogP contribution >= 0.6 is 0 Å². The van der Waals surface area contributed by atoms with Crippen molar-refractivity contribution in [3.05, 3.63) is 54.1 Å². The maximum absolute atomic E-state index is 12.1. The number of amides is 1. The normalized spacial score (nSPS) is 10.4. The van der Waals surface area contributed by atoms with E-state index in [2.05, 4.69) is 10.1 Å². The molecule has 1 N–H and O–H groups in total. The van der Waals surface area contributed by atoms with Crippen molar-refractivity contribution in [2.45, 2.75) is 19.6 Å². The zero-order chi connectivity index (χ0) is 18.1. The maximum atomic E-state index is 12.1. The van der Waals surface area contributed by atoms with Crippen LogP contribution in [0.3, 0.4) is 0 Å². The first-order chi connectivity index (χ1) is 12.1. The number of ether oxygens (including phenoxy) is 3. The fourth-order valence-electron chi connectivity index (χ4n) is 2.01. The van der Waals surface area contributed by atoms with E-state index in [0.29, 0.717) is 12.3 Å². The molecule has 0 aliphatic heterocycles. The molecular weight excluding hydrogens is 332 g/mol. The Labute approximate surface area is 144 Å². The van der Waals surface area contributed by atoms with Gasteiger partial charge in [-0.25, -0.2) is 0 Å². The Hall–Kier alpha value is -2.83. The van der Waals surface area contributed by atoms with Crippen LogP contribution in [0, 0.1) is 0 Å². The van der Waals surface area contributed by atoms with Gasteiger partial charge in [0.25, 0.3) is 0 Å². The summed E-state index contributed by atoms with van der Waals surface area (Å²) in [7, 11) is 1.58. The van der Waals surface area contributed by atoms with Gasteiger partial charge in [-0.2, -0.15) is 8.78 Å². The Kier molecular flexibility index (Phi) is 7.00. The molecule has 0 aliphatic rings. The van der Waals surface area contributed by atoms with Crippen LogP contribution in [-0.4, -0.2) is 26.2 Å². The summed E-state index contributed by atoms with van der Waals surface area (Å²) in [6.07, 6.45) is 0.207. The second-order valence-electron chi connectivity index (χ2n) is 5.07. The quantitative estimate of drug-likeness (QED) is 0.752. The second kappa shape index (κ2) is 9.46. The molecule has 0 saturated heterocycles. The van der Waals surface area contributed by atoms with Gasteiger partial charge in [0.15, 0.2) is 0 Å². The van der Waals surface area contributed by atoms with Crippen LogP contribution in [0.15, 0.2) is 48.5 Å². The van der Waals surface area contributed by atoms with Crippen LogP contribution < -0.4 is 19.5 Å². The van der Waals surface area contributed by atoms with E-state index in [1.165, 1.54) is 12.1 Å². The summed E-state index contributed by atoms with van der Waals surface area (Å²) >= 11 is 0. The van der Waals surface area contributed by atoms with Crippen LogP contribution in [-0.2, 0) is 11.3 Å². The lowest BCUT2D eigenvalue weighted by Crippen LogP contribution is -2.24. The minimum atomic E-state index is -2.85. The van der Waals surface area contributed by atoms with Crippen LogP contribution in [0.4, 0.5) is 8.78 Å². The fraction of sp³-hybridized carbons (Fsp3) is 0.278. The Bertz CT molecular complexity index is 660. The molecule has 134 valence electrons. The third kappa shape index (κ3) is 6.66. The van der Waals surface area contributed by atoms with E-state index >= 15 is 0 Å². The monoisotopic (exact) mass is 351 g/mol. The number of halogens is 2. The number of carbonyl (C=O) groups excluding carboxylic acids is 1. The van der Waals surface area contributed by atoms with E-state index in [1.807, 2.05) is 0 Å². The highest BCUT2D eigenvalue weighted by Crippen LogP contribution is 2.17. The van der Waals surface area contributed by atoms with Crippen molar-refractivity contribution in [1.82, 2.24) is 5.32 Å². The highest BCUT2D eigenvalue weighted by Gasteiger charge is 2.05. The molecule has 7 heteroatoms. The minimum absolute atomic E-state index is 0.0815. The molecule has 0 unspecified atom stereocenters. The highest BCUT2D eigenvalue weighted by atomic mass is 19.3. The number of hydrogen-bond acceptors (Lipinski definition) is 4. The molecule has 0 spiro atoms. The summed E-state index contributed by atoms with van der Waals surface area (Å²) in [6.45, 7) is -2.30. The molecule has 5 nitrogen and oxygen atoms in total. The Balaban J connectivity index is 1.67. The summed E-state index contributed by atoms with van der Waals surface area (Å²) in [6, 6.07) is 13.2. The van der Waals surface area contributed by atoms with E-state index < -0.39 is 6.61 Å². The highest BCUT2D eigenvalue weighted by molar-refractivity contribution is 5.76. The molecule has 0 fully saturated rings. The fourth-order valence-corrected chi connectivity index (χ4v) is 2.01. The van der Waals surface area contributed by atoms with Gasteiger partial charge in [0, 0.05) is 6.54 Å². The topological polar surface area (TPSA) is 56.8 Å². The molecule has 0 aliphatic carbocycles. The minimum Gasteiger partial charge on any atom is -0.497 e. The molecule has 0 radical (unpaired) electrons. The van der Waals surface area contributed by atoms with Gasteiger partial charge < -0.3 is 19.5 Å². The molecule has 0 bridgehead atoms. The lowest BCUT2D eigenvalue weighted by Gasteiger charge is -2.09. The van der Waals surface area contributed by atoms with E-state index in [-0.39, 0.29) is 24.7 Å². The van der Waals surface area contributed by atoms with E-state index in [0.717, 1.165) is 11.3 Å². The number of benzene rings is 2. The van der Waals surface area contributed by atoms with Gasteiger partial charge in [-0.15, -0.1) is 0 Å². The summed E-state index contributed by atoms with van der Waals surface area (Å²) < 4.78 is 38.9. The predicted molar refractivity (Wildman–Crippen MR) is 88.0 cm³/mol. The molecule has 0 heterocycles. The molecule has 0 saturated carbocycles. The van der Waals surface area contributed by atoms with Crippen LogP contribution in [0.2, 0.25) is 0 Å². The zero-order valence-corrected chi connectivity index (χ0v) is 13.7. The number of rotatable bonds is 9. The Morgan fingerprint density at radius 1 is 1.00 bits per heavy atom. The molecule has 2 aromatic carbocycles. The van der Waals surface area contributed by atoms with E-state index in [9.17, 15) is 13.6 Å². The molecular formula is C18H19F2NO4. The van der Waals surface area contributed by atoms with Gasteiger partial charge in [-0.3, -0.25) is 4.79 Å². The summed E-state index contributed by atoms with van der Waals surface area (Å²) in [4.78, 5) is 11.8. The number of carbonyl (C=O) groups is 1. The number of methoxy groups -OCH3 is 1. The SMILES string of the molecule is COc1ccc(OCCC(=O)NCc2ccc(OC(F)F)cc2)cc1. The van der Waals surface area contributed by atoms with Crippen molar-refractivity contribution in [1.29, 1.82) is 0 Å². The third-order valence-electron chi connectivity index (χ3n) is 3.30. The van der Waals surface area contributed by atoms with Crippen LogP contribution in [0.25, 0.3) is 0 Å². The second-order valence-corrected chi connectivity index (χ2v) is 5.07. The first kappa shape index (κ1) is 18.5. The van der Waals surface area contributed by atoms with Crippen molar-refractivity contribution in [3.63, 3.8) is 0 Å². The molecule has 0 atom stereocenters. The first-order valence-electron chi connectivity index (χ1n) is 7.64. The molecule has 0 aromatic heterocycles. The maximum Gasteiger partial charge on any atom is 0.387 e. The summed E-state index contributed by atoms with van der Waals surface area (Å²) in [5, 5.41) is 2.74. The first-order valence-corrected chi connectivity index (χ1v) is 7.64. The number of alkyl halides is 2. The average molecular weight is 351 g/mol. The summed E-state index contributed by atoms with van der Waals surface area (Å²) in [5.74, 6) is 1.30. The van der Waals surface area contributed by atoms with Crippen LogP contribution in [0.5, 0.6) is 17.2 Å². The average Bonchev–Trinajstić information content (AvgIpc) is 2.61. The molecule has 2 rings (SSSR count). The Morgan fingerprint density at radius 3 is 2.20 bits per heavy atom. The van der Waals surface area contributed by atoms with Gasteiger partial charge >= 0.3 is 6.61 Å². The van der Waals surface area contributed by atoms with Crippen molar-refractivity contribution in [2.75, 3.05) is 13.7 Å². The summed E-state index contributed by atoms with van der Waals surface area (Å²) in [5.41, 5.74) is 0.783. The molecule has 25 heavy (non-hydrogen) atoms. The van der Waals surface area contributed by atoms with Crippen LogP contribution in [0.1, 0.15) is 12.0 Å². The molecule has 2 aromatic rings. The van der Waals surface area contributed by atoms with Gasteiger partial charge in [0.2, 0.25) is 5.91 Å². The van der Waals surface area contributed by atoms with Crippen molar-refractivity contribution in [3.8, 4) is 17.2 Å². The third-order valence-corrected chi connectivity index (χ3v) is 3.30. The largest absolute Gasteiger partial charge is 0.497 e. The predicted octanol–water partition coefficient (Wildman–Crippen LogP) is 3.38. The Morgan fingerprint density at radius 2 is 1.60 bits per heavy atom. The van der Waals surface area contributed by atoms with Crippen molar-refractivity contribution < 1.29 is 27.8 Å². The lowest BCUT2D eigenvalue weighted by molar-refractivity contribution is -0.121. The number of hydrogen-bond donors (Lipinski definition) is 1.